The van der Waals surface area contributed by atoms with Crippen LogP contribution in [0.25, 0.3) is 0 Å². The molecule has 0 saturated heterocycles. The second-order valence-electron chi connectivity index (χ2n) is 4.20. The molecule has 98 valence electrons. The van der Waals surface area contributed by atoms with Crippen molar-refractivity contribution in [3.8, 4) is 0 Å². The fourth-order valence-electron chi connectivity index (χ4n) is 1.67. The van der Waals surface area contributed by atoms with Crippen molar-refractivity contribution in [1.82, 2.24) is 0 Å². The molecule has 3 nitrogen and oxygen atoms in total. The van der Waals surface area contributed by atoms with Crippen LogP contribution in [0, 0.1) is 0 Å². The lowest BCUT2D eigenvalue weighted by Crippen LogP contribution is -2.39. The molecule has 1 aromatic rings. The number of aromatic carboxylic acids is 1. The molecule has 0 spiro atoms. The van der Waals surface area contributed by atoms with Gasteiger partial charge in [0.15, 0.2) is 0 Å². The SMILES string of the molecule is O=C(O)c1ccc(Br)cc1NC1(C(F)(F)F)CC1. The van der Waals surface area contributed by atoms with E-state index < -0.39 is 17.7 Å². The molecule has 0 atom stereocenters. The average molecular weight is 324 g/mol. The van der Waals surface area contributed by atoms with Gasteiger partial charge in [0.25, 0.3) is 0 Å². The number of carbonyl (C=O) groups is 1. The van der Waals surface area contributed by atoms with Gasteiger partial charge in [-0.15, -0.1) is 0 Å². The van der Waals surface area contributed by atoms with Gasteiger partial charge in [0, 0.05) is 4.47 Å². The first-order valence-electron chi connectivity index (χ1n) is 5.13. The molecule has 0 aromatic heterocycles. The second kappa shape index (κ2) is 4.15. The van der Waals surface area contributed by atoms with Crippen molar-refractivity contribution >= 4 is 27.6 Å². The number of carboxylic acids is 1. The van der Waals surface area contributed by atoms with Gasteiger partial charge in [-0.1, -0.05) is 15.9 Å². The fourth-order valence-corrected chi connectivity index (χ4v) is 2.03. The first-order valence-corrected chi connectivity index (χ1v) is 5.92. The van der Waals surface area contributed by atoms with Crippen LogP contribution in [0.3, 0.4) is 0 Å². The van der Waals surface area contributed by atoms with E-state index in [1.54, 1.807) is 0 Å². The van der Waals surface area contributed by atoms with E-state index in [9.17, 15) is 18.0 Å². The first-order chi connectivity index (χ1) is 8.25. The van der Waals surface area contributed by atoms with Crippen molar-refractivity contribution in [2.45, 2.75) is 24.6 Å². The molecule has 0 aliphatic heterocycles. The molecule has 1 fully saturated rings. The third kappa shape index (κ3) is 2.31. The molecule has 18 heavy (non-hydrogen) atoms. The Morgan fingerprint density at radius 2 is 2.00 bits per heavy atom. The van der Waals surface area contributed by atoms with Crippen LogP contribution in [0.15, 0.2) is 22.7 Å². The monoisotopic (exact) mass is 323 g/mol. The maximum atomic E-state index is 12.8. The Labute approximate surface area is 109 Å². The molecule has 0 bridgehead atoms. The van der Waals surface area contributed by atoms with Gasteiger partial charge in [-0.25, -0.2) is 4.79 Å². The highest BCUT2D eigenvalue weighted by Crippen LogP contribution is 2.51. The van der Waals surface area contributed by atoms with E-state index in [4.69, 9.17) is 5.11 Å². The number of alkyl halides is 3. The van der Waals surface area contributed by atoms with E-state index in [-0.39, 0.29) is 24.1 Å². The standard InChI is InChI=1S/C11H9BrF3NO2/c12-6-1-2-7(9(17)18)8(5-6)16-10(3-4-10)11(13,14)15/h1-2,5,16H,3-4H2,(H,17,18). The molecule has 1 aromatic carbocycles. The molecular weight excluding hydrogens is 315 g/mol. The number of rotatable bonds is 3. The minimum atomic E-state index is -4.38. The van der Waals surface area contributed by atoms with Gasteiger partial charge in [-0.05, 0) is 31.0 Å². The second-order valence-corrected chi connectivity index (χ2v) is 5.12. The number of halogens is 4. The fraction of sp³-hybridized carbons (Fsp3) is 0.364. The quantitative estimate of drug-likeness (QED) is 0.892. The third-order valence-electron chi connectivity index (χ3n) is 2.88. The van der Waals surface area contributed by atoms with Gasteiger partial charge in [-0.3, -0.25) is 0 Å². The largest absolute Gasteiger partial charge is 0.478 e. The van der Waals surface area contributed by atoms with Crippen LogP contribution >= 0.6 is 15.9 Å². The highest BCUT2D eigenvalue weighted by molar-refractivity contribution is 9.10. The summed E-state index contributed by atoms with van der Waals surface area (Å²) in [5.41, 5.74) is -2.17. The molecule has 2 N–H and O–H groups in total. The van der Waals surface area contributed by atoms with Crippen molar-refractivity contribution in [2.75, 3.05) is 5.32 Å². The minimum Gasteiger partial charge on any atom is -0.478 e. The molecule has 0 heterocycles. The summed E-state index contributed by atoms with van der Waals surface area (Å²) in [5, 5.41) is 11.3. The first kappa shape index (κ1) is 13.2. The third-order valence-corrected chi connectivity index (χ3v) is 3.37. The molecule has 0 amide bonds. The van der Waals surface area contributed by atoms with Crippen LogP contribution in [0.5, 0.6) is 0 Å². The predicted molar refractivity (Wildman–Crippen MR) is 62.7 cm³/mol. The van der Waals surface area contributed by atoms with Crippen molar-refractivity contribution in [1.29, 1.82) is 0 Å². The van der Waals surface area contributed by atoms with E-state index in [1.165, 1.54) is 18.2 Å². The number of benzene rings is 1. The number of carboxylic acid groups (broad SMARTS) is 1. The van der Waals surface area contributed by atoms with E-state index in [0.717, 1.165) is 0 Å². The highest BCUT2D eigenvalue weighted by Gasteiger charge is 2.63. The Balaban J connectivity index is 2.35. The Morgan fingerprint density at radius 3 is 2.44 bits per heavy atom. The van der Waals surface area contributed by atoms with Gasteiger partial charge in [0.1, 0.15) is 5.54 Å². The zero-order valence-electron chi connectivity index (χ0n) is 9.01. The predicted octanol–water partition coefficient (Wildman–Crippen LogP) is 3.65. The normalized spacial score (nSPS) is 17.3. The summed E-state index contributed by atoms with van der Waals surface area (Å²) < 4.78 is 38.9. The van der Waals surface area contributed by atoms with Crippen LogP contribution in [0.2, 0.25) is 0 Å². The molecule has 0 unspecified atom stereocenters. The van der Waals surface area contributed by atoms with E-state index >= 15 is 0 Å². The minimum absolute atomic E-state index is 0.0216. The van der Waals surface area contributed by atoms with Gasteiger partial charge >= 0.3 is 12.1 Å². The van der Waals surface area contributed by atoms with Crippen molar-refractivity contribution < 1.29 is 23.1 Å². The van der Waals surface area contributed by atoms with E-state index in [1.807, 2.05) is 0 Å². The van der Waals surface area contributed by atoms with Gasteiger partial charge in [-0.2, -0.15) is 13.2 Å². The Bertz CT molecular complexity index is 498. The van der Waals surface area contributed by atoms with Crippen LogP contribution in [0.1, 0.15) is 23.2 Å². The Hall–Kier alpha value is -1.24. The summed E-state index contributed by atoms with van der Waals surface area (Å²) >= 11 is 3.11. The van der Waals surface area contributed by atoms with E-state index in [2.05, 4.69) is 21.2 Å². The Morgan fingerprint density at radius 1 is 1.39 bits per heavy atom. The molecule has 2 rings (SSSR count). The van der Waals surface area contributed by atoms with Gasteiger partial charge in [0.2, 0.25) is 0 Å². The molecule has 1 aliphatic carbocycles. The average Bonchev–Trinajstić information content (AvgIpc) is 2.97. The van der Waals surface area contributed by atoms with Crippen LogP contribution in [-0.4, -0.2) is 22.8 Å². The molecule has 0 radical (unpaired) electrons. The van der Waals surface area contributed by atoms with Crippen molar-refractivity contribution in [3.63, 3.8) is 0 Å². The van der Waals surface area contributed by atoms with Gasteiger partial charge in [0.05, 0.1) is 11.3 Å². The molecule has 1 aliphatic rings. The summed E-state index contributed by atoms with van der Waals surface area (Å²) in [7, 11) is 0. The maximum absolute atomic E-state index is 12.8. The molecule has 7 heteroatoms. The summed E-state index contributed by atoms with van der Waals surface area (Å²) in [6, 6.07) is 4.08. The lowest BCUT2D eigenvalue weighted by atomic mass is 10.1. The zero-order valence-corrected chi connectivity index (χ0v) is 10.6. The van der Waals surface area contributed by atoms with Gasteiger partial charge < -0.3 is 10.4 Å². The number of nitrogens with one attached hydrogen (secondary N) is 1. The van der Waals surface area contributed by atoms with Crippen molar-refractivity contribution in [3.05, 3.63) is 28.2 Å². The maximum Gasteiger partial charge on any atom is 0.411 e. The topological polar surface area (TPSA) is 49.3 Å². The zero-order chi connectivity index (χ0) is 13.6. The number of hydrogen-bond donors (Lipinski definition) is 2. The van der Waals surface area contributed by atoms with Crippen LogP contribution in [-0.2, 0) is 0 Å². The smallest absolute Gasteiger partial charge is 0.411 e. The van der Waals surface area contributed by atoms with Crippen LogP contribution < -0.4 is 5.32 Å². The summed E-state index contributed by atoms with van der Waals surface area (Å²) in [4.78, 5) is 11.0. The summed E-state index contributed by atoms with van der Waals surface area (Å²) in [6.07, 6.45) is -4.46. The lowest BCUT2D eigenvalue weighted by Gasteiger charge is -2.23. The number of hydrogen-bond acceptors (Lipinski definition) is 2. The lowest BCUT2D eigenvalue weighted by molar-refractivity contribution is -0.151. The van der Waals surface area contributed by atoms with Crippen LogP contribution in [0.4, 0.5) is 18.9 Å². The summed E-state index contributed by atoms with van der Waals surface area (Å²) in [5.74, 6) is -1.26. The van der Waals surface area contributed by atoms with E-state index in [0.29, 0.717) is 4.47 Å². The summed E-state index contributed by atoms with van der Waals surface area (Å²) in [6.45, 7) is 0. The Kier molecular flexibility index (Phi) is 3.04. The molecule has 1 saturated carbocycles. The highest BCUT2D eigenvalue weighted by atomic mass is 79.9. The number of anilines is 1. The molecular formula is C11H9BrF3NO2. The van der Waals surface area contributed by atoms with Crippen molar-refractivity contribution in [2.24, 2.45) is 0 Å².